The molecular formula is C8H18NO3PS. The van der Waals surface area contributed by atoms with Gasteiger partial charge in [0.05, 0.1) is 6.61 Å². The molecule has 0 saturated carbocycles. The van der Waals surface area contributed by atoms with Gasteiger partial charge in [0.15, 0.2) is 5.78 Å². The van der Waals surface area contributed by atoms with Crippen molar-refractivity contribution in [3.8, 4) is 0 Å². The smallest absolute Gasteiger partial charge is 0.331 e. The lowest BCUT2D eigenvalue weighted by Gasteiger charge is -2.25. The molecule has 0 aliphatic heterocycles. The topological polar surface area (TPSA) is 61.4 Å². The normalized spacial score (nSPS) is 16.1. The molecule has 1 N–H and O–H groups in total. The molecule has 6 heteroatoms. The van der Waals surface area contributed by atoms with Gasteiger partial charge in [0.2, 0.25) is 0 Å². The van der Waals surface area contributed by atoms with Gasteiger partial charge in [0, 0.05) is 11.4 Å². The largest absolute Gasteiger partial charge is 0.598 e. The van der Waals surface area contributed by atoms with Gasteiger partial charge in [-0.1, -0.05) is 0 Å². The van der Waals surface area contributed by atoms with E-state index in [2.05, 4.69) is 14.0 Å². The van der Waals surface area contributed by atoms with Crippen LogP contribution < -0.4 is 4.72 Å². The Balaban J connectivity index is 4.06. The van der Waals surface area contributed by atoms with Crippen LogP contribution in [0.3, 0.4) is 0 Å². The molecule has 0 saturated heterocycles. The average molecular weight is 239 g/mol. The van der Waals surface area contributed by atoms with Crippen molar-refractivity contribution in [3.63, 3.8) is 0 Å². The second-order valence-electron chi connectivity index (χ2n) is 3.73. The Morgan fingerprint density at radius 3 is 2.50 bits per heavy atom. The molecule has 0 aliphatic carbocycles. The number of carbonyl (C=O) groups is 1. The molecule has 0 radical (unpaired) electrons. The van der Waals surface area contributed by atoms with Crippen LogP contribution in [0.25, 0.3) is 0 Å². The maximum atomic E-state index is 11.6. The molecule has 0 fully saturated rings. The fourth-order valence-electron chi connectivity index (χ4n) is 0.572. The quantitative estimate of drug-likeness (QED) is 0.448. The third-order valence-electron chi connectivity index (χ3n) is 1.33. The zero-order chi connectivity index (χ0) is 11.4. The van der Waals surface area contributed by atoms with Gasteiger partial charge in [-0.15, -0.1) is 14.0 Å². The number of hydrogen-bond donors (Lipinski definition) is 1. The Kier molecular flexibility index (Phi) is 5.98. The molecule has 0 aromatic rings. The highest BCUT2D eigenvalue weighted by Gasteiger charge is 2.30. The van der Waals surface area contributed by atoms with Crippen molar-refractivity contribution in [1.29, 1.82) is 0 Å². The summed E-state index contributed by atoms with van der Waals surface area (Å²) in [4.78, 5) is 11.2. The van der Waals surface area contributed by atoms with Crippen molar-refractivity contribution in [3.05, 3.63) is 0 Å². The highest BCUT2D eigenvalue weighted by atomic mass is 32.2. The lowest BCUT2D eigenvalue weighted by atomic mass is 10.3. The van der Waals surface area contributed by atoms with E-state index in [-0.39, 0.29) is 4.75 Å². The lowest BCUT2D eigenvalue weighted by molar-refractivity contribution is -0.142. The summed E-state index contributed by atoms with van der Waals surface area (Å²) in [5.41, 5.74) is 0. The van der Waals surface area contributed by atoms with Crippen molar-refractivity contribution in [2.75, 3.05) is 6.61 Å². The zero-order valence-electron chi connectivity index (χ0n) is 8.99. The van der Waals surface area contributed by atoms with Gasteiger partial charge in [0.1, 0.15) is 4.75 Å². The van der Waals surface area contributed by atoms with E-state index < -0.39 is 23.1 Å². The first-order valence-corrected chi connectivity index (χ1v) is 6.21. The number of esters is 1. The van der Waals surface area contributed by atoms with E-state index in [0.29, 0.717) is 6.61 Å². The van der Waals surface area contributed by atoms with Crippen molar-refractivity contribution >= 4 is 26.6 Å². The molecule has 14 heavy (non-hydrogen) atoms. The standard InChI is InChI=1S/C8H18NO3PS/c1-5-12-7(10)6(13)9-14(11)8(2,3)4/h6,9H,5,13H2,1-4H3. The number of nitrogens with one attached hydrogen (secondary N) is 1. The fraction of sp³-hybridized carbons (Fsp3) is 0.875. The van der Waals surface area contributed by atoms with Crippen LogP contribution in [0.2, 0.25) is 0 Å². The van der Waals surface area contributed by atoms with E-state index in [1.807, 2.05) is 20.8 Å². The molecule has 0 aromatic carbocycles. The molecule has 0 bridgehead atoms. The molecule has 3 atom stereocenters. The Bertz CT molecular complexity index is 196. The molecule has 0 aliphatic rings. The molecule has 3 unspecified atom stereocenters. The number of ether oxygens (including phenoxy) is 1. The van der Waals surface area contributed by atoms with Gasteiger partial charge < -0.3 is 9.29 Å². The van der Waals surface area contributed by atoms with Crippen LogP contribution in [0.15, 0.2) is 0 Å². The summed E-state index contributed by atoms with van der Waals surface area (Å²) in [6.07, 6.45) is 0. The van der Waals surface area contributed by atoms with Crippen LogP contribution in [0, 0.1) is 0 Å². The van der Waals surface area contributed by atoms with E-state index in [4.69, 9.17) is 4.74 Å². The summed E-state index contributed by atoms with van der Waals surface area (Å²) in [7, 11) is 2.27. The Morgan fingerprint density at radius 2 is 2.14 bits per heavy atom. The van der Waals surface area contributed by atoms with E-state index in [0.717, 1.165) is 0 Å². The summed E-state index contributed by atoms with van der Waals surface area (Å²) in [5, 5.41) is 0. The minimum absolute atomic E-state index is 0.327. The summed E-state index contributed by atoms with van der Waals surface area (Å²) < 4.78 is 18.6. The van der Waals surface area contributed by atoms with Gasteiger partial charge in [-0.3, -0.25) is 0 Å². The first-order valence-electron chi connectivity index (χ1n) is 4.39. The van der Waals surface area contributed by atoms with Crippen LogP contribution in [0.4, 0.5) is 0 Å². The van der Waals surface area contributed by atoms with Gasteiger partial charge in [0.25, 0.3) is 0 Å². The lowest BCUT2D eigenvalue weighted by Crippen LogP contribution is -2.45. The third-order valence-corrected chi connectivity index (χ3v) is 3.59. The maximum absolute atomic E-state index is 11.6. The molecule has 0 heterocycles. The second-order valence-corrected chi connectivity index (χ2v) is 6.39. The van der Waals surface area contributed by atoms with E-state index in [9.17, 15) is 9.35 Å². The Hall–Kier alpha value is 0.170. The van der Waals surface area contributed by atoms with Crippen molar-refractivity contribution < 1.29 is 14.1 Å². The maximum Gasteiger partial charge on any atom is 0.331 e. The molecule has 0 rings (SSSR count). The molecule has 0 aromatic heterocycles. The van der Waals surface area contributed by atoms with Gasteiger partial charge in [-0.2, -0.15) is 0 Å². The molecule has 4 nitrogen and oxygen atoms in total. The van der Waals surface area contributed by atoms with Crippen molar-refractivity contribution in [1.82, 2.24) is 4.72 Å². The predicted molar refractivity (Wildman–Crippen MR) is 61.2 cm³/mol. The fourth-order valence-corrected chi connectivity index (χ4v) is 1.72. The second kappa shape index (κ2) is 5.91. The molecular weight excluding hydrogens is 221 g/mol. The van der Waals surface area contributed by atoms with Crippen molar-refractivity contribution in [2.24, 2.45) is 0 Å². The third kappa shape index (κ3) is 5.15. The molecule has 0 amide bonds. The Labute approximate surface area is 90.7 Å². The SMILES string of the molecule is CCOC(=O)C(P)N[S+]([O-])C(C)(C)C. The van der Waals surface area contributed by atoms with Crippen LogP contribution in [0.5, 0.6) is 0 Å². The number of carbonyl (C=O) groups excluding carboxylic acids is 1. The summed E-state index contributed by atoms with van der Waals surface area (Å²) >= 11 is -1.26. The average Bonchev–Trinajstić information content (AvgIpc) is 2.02. The number of hydrogen-bond acceptors (Lipinski definition) is 4. The van der Waals surface area contributed by atoms with E-state index in [1.54, 1.807) is 6.92 Å². The first-order chi connectivity index (χ1) is 6.29. The molecule has 84 valence electrons. The van der Waals surface area contributed by atoms with Crippen LogP contribution in [0.1, 0.15) is 27.7 Å². The van der Waals surface area contributed by atoms with Gasteiger partial charge >= 0.3 is 5.97 Å². The van der Waals surface area contributed by atoms with E-state index in [1.165, 1.54) is 0 Å². The van der Waals surface area contributed by atoms with Crippen LogP contribution in [-0.4, -0.2) is 27.7 Å². The predicted octanol–water partition coefficient (Wildman–Crippen LogP) is 0.802. The number of rotatable bonds is 4. The monoisotopic (exact) mass is 239 g/mol. The summed E-state index contributed by atoms with van der Waals surface area (Å²) in [5.74, 6) is -1.02. The van der Waals surface area contributed by atoms with Crippen LogP contribution >= 0.6 is 9.24 Å². The molecule has 0 spiro atoms. The summed E-state index contributed by atoms with van der Waals surface area (Å²) in [6, 6.07) is 0. The van der Waals surface area contributed by atoms with Gasteiger partial charge in [-0.05, 0) is 27.7 Å². The highest BCUT2D eigenvalue weighted by molar-refractivity contribution is 7.91. The van der Waals surface area contributed by atoms with Gasteiger partial charge in [-0.25, -0.2) is 4.79 Å². The highest BCUT2D eigenvalue weighted by Crippen LogP contribution is 2.15. The summed E-state index contributed by atoms with van der Waals surface area (Å²) in [6.45, 7) is 7.56. The zero-order valence-corrected chi connectivity index (χ0v) is 11.0. The van der Waals surface area contributed by atoms with Crippen LogP contribution in [-0.2, 0) is 20.9 Å². The first kappa shape index (κ1) is 14.2. The Morgan fingerprint density at radius 1 is 1.64 bits per heavy atom. The van der Waals surface area contributed by atoms with Crippen molar-refractivity contribution in [2.45, 2.75) is 38.2 Å². The minimum Gasteiger partial charge on any atom is -0.598 e. The van der Waals surface area contributed by atoms with E-state index >= 15 is 0 Å². The minimum atomic E-state index is -1.26.